The zero-order valence-corrected chi connectivity index (χ0v) is 8.58. The molecule has 2 nitrogen and oxygen atoms in total. The lowest BCUT2D eigenvalue weighted by Gasteiger charge is -2.28. The third-order valence-electron chi connectivity index (χ3n) is 2.47. The number of furan rings is 1. The maximum absolute atomic E-state index is 9.22. The highest BCUT2D eigenvalue weighted by Crippen LogP contribution is 2.28. The molecular formula is C11H18O2. The highest BCUT2D eigenvalue weighted by atomic mass is 16.3. The summed E-state index contributed by atoms with van der Waals surface area (Å²) in [5.41, 5.74) is 0.127. The molecule has 0 aliphatic carbocycles. The summed E-state index contributed by atoms with van der Waals surface area (Å²) >= 11 is 0. The van der Waals surface area contributed by atoms with Crippen LogP contribution < -0.4 is 0 Å². The fraction of sp³-hybridized carbons (Fsp3) is 0.636. The minimum atomic E-state index is 0.127. The highest BCUT2D eigenvalue weighted by molar-refractivity contribution is 5.00. The first-order chi connectivity index (χ1) is 6.04. The quantitative estimate of drug-likeness (QED) is 0.779. The molecule has 0 saturated carbocycles. The van der Waals surface area contributed by atoms with Gasteiger partial charge in [-0.1, -0.05) is 20.8 Å². The Morgan fingerprint density at radius 3 is 2.54 bits per heavy atom. The summed E-state index contributed by atoms with van der Waals surface area (Å²) in [6.45, 7) is 6.62. The van der Waals surface area contributed by atoms with Crippen LogP contribution in [0.1, 0.15) is 26.5 Å². The van der Waals surface area contributed by atoms with Gasteiger partial charge in [-0.2, -0.15) is 0 Å². The van der Waals surface area contributed by atoms with E-state index in [9.17, 15) is 5.11 Å². The Morgan fingerprint density at radius 1 is 1.46 bits per heavy atom. The Kier molecular flexibility index (Phi) is 3.15. The SMILES string of the molecule is CC(C)(C)C(CO)Cc1ccco1. The maximum atomic E-state index is 9.22. The van der Waals surface area contributed by atoms with Crippen molar-refractivity contribution in [3.05, 3.63) is 24.2 Å². The van der Waals surface area contributed by atoms with E-state index in [4.69, 9.17) is 4.42 Å². The first-order valence-corrected chi connectivity index (χ1v) is 4.67. The second kappa shape index (κ2) is 3.97. The van der Waals surface area contributed by atoms with Gasteiger partial charge in [0, 0.05) is 13.0 Å². The van der Waals surface area contributed by atoms with Crippen molar-refractivity contribution in [3.63, 3.8) is 0 Å². The Labute approximate surface area is 79.6 Å². The molecule has 0 amide bonds. The van der Waals surface area contributed by atoms with Crippen molar-refractivity contribution in [1.82, 2.24) is 0 Å². The first kappa shape index (κ1) is 10.3. The Hall–Kier alpha value is -0.760. The first-order valence-electron chi connectivity index (χ1n) is 4.67. The molecule has 0 fully saturated rings. The molecule has 1 heterocycles. The molecule has 1 atom stereocenters. The summed E-state index contributed by atoms with van der Waals surface area (Å²) in [6.07, 6.45) is 2.49. The molecule has 0 aromatic carbocycles. The summed E-state index contributed by atoms with van der Waals surface area (Å²) in [4.78, 5) is 0. The van der Waals surface area contributed by atoms with Crippen molar-refractivity contribution in [2.75, 3.05) is 6.61 Å². The largest absolute Gasteiger partial charge is 0.469 e. The Morgan fingerprint density at radius 2 is 2.15 bits per heavy atom. The smallest absolute Gasteiger partial charge is 0.104 e. The monoisotopic (exact) mass is 182 g/mol. The van der Waals surface area contributed by atoms with Gasteiger partial charge in [0.2, 0.25) is 0 Å². The molecule has 1 N–H and O–H groups in total. The van der Waals surface area contributed by atoms with Gasteiger partial charge in [-0.05, 0) is 23.5 Å². The van der Waals surface area contributed by atoms with Crippen molar-refractivity contribution in [3.8, 4) is 0 Å². The second-order valence-corrected chi connectivity index (χ2v) is 4.53. The van der Waals surface area contributed by atoms with Gasteiger partial charge in [0.25, 0.3) is 0 Å². The van der Waals surface area contributed by atoms with Crippen LogP contribution in [0.25, 0.3) is 0 Å². The molecule has 0 spiro atoms. The predicted molar refractivity (Wildman–Crippen MR) is 52.4 cm³/mol. The molecule has 13 heavy (non-hydrogen) atoms. The topological polar surface area (TPSA) is 33.4 Å². The van der Waals surface area contributed by atoms with E-state index in [1.807, 2.05) is 12.1 Å². The minimum Gasteiger partial charge on any atom is -0.469 e. The summed E-state index contributed by atoms with van der Waals surface area (Å²) in [5.74, 6) is 1.22. The van der Waals surface area contributed by atoms with Crippen molar-refractivity contribution in [2.45, 2.75) is 27.2 Å². The third-order valence-corrected chi connectivity index (χ3v) is 2.47. The fourth-order valence-electron chi connectivity index (χ4n) is 1.32. The zero-order valence-electron chi connectivity index (χ0n) is 8.58. The average molecular weight is 182 g/mol. The highest BCUT2D eigenvalue weighted by Gasteiger charge is 2.24. The van der Waals surface area contributed by atoms with Crippen molar-refractivity contribution in [1.29, 1.82) is 0 Å². The van der Waals surface area contributed by atoms with E-state index in [1.165, 1.54) is 0 Å². The number of aliphatic hydroxyl groups excluding tert-OH is 1. The van der Waals surface area contributed by atoms with Gasteiger partial charge in [-0.25, -0.2) is 0 Å². The van der Waals surface area contributed by atoms with Gasteiger partial charge in [-0.3, -0.25) is 0 Å². The number of hydrogen-bond donors (Lipinski definition) is 1. The normalized spacial score (nSPS) is 14.5. The van der Waals surface area contributed by atoms with Crippen LogP contribution in [0.3, 0.4) is 0 Å². The van der Waals surface area contributed by atoms with E-state index < -0.39 is 0 Å². The molecular weight excluding hydrogens is 164 g/mol. The van der Waals surface area contributed by atoms with Crippen LogP contribution in [0.5, 0.6) is 0 Å². The second-order valence-electron chi connectivity index (χ2n) is 4.53. The van der Waals surface area contributed by atoms with E-state index in [0.717, 1.165) is 12.2 Å². The molecule has 74 valence electrons. The van der Waals surface area contributed by atoms with Crippen LogP contribution in [0.4, 0.5) is 0 Å². The van der Waals surface area contributed by atoms with Gasteiger partial charge in [-0.15, -0.1) is 0 Å². The summed E-state index contributed by atoms with van der Waals surface area (Å²) in [6, 6.07) is 3.83. The summed E-state index contributed by atoms with van der Waals surface area (Å²) in [7, 11) is 0. The minimum absolute atomic E-state index is 0.127. The van der Waals surface area contributed by atoms with Crippen LogP contribution in [-0.4, -0.2) is 11.7 Å². The molecule has 1 aromatic heterocycles. The Balaban J connectivity index is 2.60. The van der Waals surface area contributed by atoms with Crippen LogP contribution in [0.2, 0.25) is 0 Å². The van der Waals surface area contributed by atoms with Gasteiger partial charge in [0.05, 0.1) is 6.26 Å². The van der Waals surface area contributed by atoms with Crippen LogP contribution in [-0.2, 0) is 6.42 Å². The lowest BCUT2D eigenvalue weighted by molar-refractivity contribution is 0.126. The molecule has 0 aliphatic heterocycles. The maximum Gasteiger partial charge on any atom is 0.104 e. The molecule has 1 rings (SSSR count). The van der Waals surface area contributed by atoms with E-state index >= 15 is 0 Å². The van der Waals surface area contributed by atoms with E-state index in [-0.39, 0.29) is 17.9 Å². The Bertz CT molecular complexity index is 231. The standard InChI is InChI=1S/C11H18O2/c1-11(2,3)9(8-12)7-10-5-4-6-13-10/h4-6,9,12H,7-8H2,1-3H3. The third kappa shape index (κ3) is 2.88. The predicted octanol–water partition coefficient (Wildman–Crippen LogP) is 2.48. The van der Waals surface area contributed by atoms with E-state index in [1.54, 1.807) is 6.26 Å². The lowest BCUT2D eigenvalue weighted by Crippen LogP contribution is -2.25. The van der Waals surface area contributed by atoms with Gasteiger partial charge < -0.3 is 9.52 Å². The molecule has 1 aromatic rings. The molecule has 0 radical (unpaired) electrons. The number of rotatable bonds is 3. The van der Waals surface area contributed by atoms with E-state index in [2.05, 4.69) is 20.8 Å². The lowest BCUT2D eigenvalue weighted by atomic mass is 9.79. The molecule has 0 bridgehead atoms. The van der Waals surface area contributed by atoms with Gasteiger partial charge in [0.1, 0.15) is 5.76 Å². The molecule has 0 saturated heterocycles. The van der Waals surface area contributed by atoms with Gasteiger partial charge >= 0.3 is 0 Å². The molecule has 0 aliphatic rings. The van der Waals surface area contributed by atoms with Crippen LogP contribution in [0.15, 0.2) is 22.8 Å². The summed E-state index contributed by atoms with van der Waals surface area (Å²) in [5, 5.41) is 9.22. The van der Waals surface area contributed by atoms with Gasteiger partial charge in [0.15, 0.2) is 0 Å². The van der Waals surface area contributed by atoms with Crippen molar-refractivity contribution < 1.29 is 9.52 Å². The summed E-state index contributed by atoms with van der Waals surface area (Å²) < 4.78 is 5.25. The van der Waals surface area contributed by atoms with Crippen LogP contribution >= 0.6 is 0 Å². The zero-order chi connectivity index (χ0) is 9.90. The number of aliphatic hydroxyl groups is 1. The average Bonchev–Trinajstić information content (AvgIpc) is 2.49. The van der Waals surface area contributed by atoms with Crippen molar-refractivity contribution >= 4 is 0 Å². The van der Waals surface area contributed by atoms with Crippen molar-refractivity contribution in [2.24, 2.45) is 11.3 Å². The van der Waals surface area contributed by atoms with E-state index in [0.29, 0.717) is 0 Å². The molecule has 1 unspecified atom stereocenters. The van der Waals surface area contributed by atoms with Crippen LogP contribution in [0, 0.1) is 11.3 Å². The number of hydrogen-bond acceptors (Lipinski definition) is 2. The fourth-order valence-corrected chi connectivity index (χ4v) is 1.32. The molecule has 2 heteroatoms.